The first-order valence-electron chi connectivity index (χ1n) is 2.78. The molecule has 0 unspecified atom stereocenters. The first-order valence-corrected chi connectivity index (χ1v) is 2.78. The minimum Gasteiger partial charge on any atom is -0.300 e. The predicted molar refractivity (Wildman–Crippen MR) is 34.7 cm³/mol. The van der Waals surface area contributed by atoms with Crippen LogP contribution in [-0.2, 0) is 4.79 Å². The summed E-state index contributed by atoms with van der Waals surface area (Å²) in [6.07, 6.45) is 2.57. The SMILES string of the molecule is CC=C(C)CC(C)=O. The molecule has 1 heteroatoms. The Hall–Kier alpha value is -0.590. The Morgan fingerprint density at radius 3 is 2.12 bits per heavy atom. The fourth-order valence-electron chi connectivity index (χ4n) is 0.495. The van der Waals surface area contributed by atoms with Gasteiger partial charge in [-0.1, -0.05) is 11.6 Å². The largest absolute Gasteiger partial charge is 0.300 e. The standard InChI is InChI=1S/C7H12O/c1-4-6(2)5-7(3)8/h4H,5H2,1-3H3. The van der Waals surface area contributed by atoms with Gasteiger partial charge in [-0.3, -0.25) is 4.79 Å². The summed E-state index contributed by atoms with van der Waals surface area (Å²) < 4.78 is 0. The number of hydrogen-bond acceptors (Lipinski definition) is 1. The second kappa shape index (κ2) is 3.42. The van der Waals surface area contributed by atoms with Crippen molar-refractivity contribution in [3.8, 4) is 0 Å². The summed E-state index contributed by atoms with van der Waals surface area (Å²) in [7, 11) is 0. The van der Waals surface area contributed by atoms with E-state index in [1.54, 1.807) is 6.92 Å². The zero-order chi connectivity index (χ0) is 6.57. The van der Waals surface area contributed by atoms with Gasteiger partial charge < -0.3 is 0 Å². The van der Waals surface area contributed by atoms with Gasteiger partial charge in [-0.25, -0.2) is 0 Å². The van der Waals surface area contributed by atoms with E-state index < -0.39 is 0 Å². The van der Waals surface area contributed by atoms with Gasteiger partial charge in [0, 0.05) is 6.42 Å². The number of carbonyl (C=O) groups excluding carboxylic acids is 1. The van der Waals surface area contributed by atoms with Gasteiger partial charge >= 0.3 is 0 Å². The molecule has 1 nitrogen and oxygen atoms in total. The van der Waals surface area contributed by atoms with E-state index in [-0.39, 0.29) is 5.78 Å². The summed E-state index contributed by atoms with van der Waals surface area (Å²) in [4.78, 5) is 10.4. The van der Waals surface area contributed by atoms with Crippen LogP contribution >= 0.6 is 0 Å². The van der Waals surface area contributed by atoms with Crippen molar-refractivity contribution in [3.05, 3.63) is 11.6 Å². The maximum absolute atomic E-state index is 10.4. The van der Waals surface area contributed by atoms with Gasteiger partial charge in [0.15, 0.2) is 0 Å². The highest BCUT2D eigenvalue weighted by Crippen LogP contribution is 1.97. The molecule has 46 valence electrons. The number of ketones is 1. The lowest BCUT2D eigenvalue weighted by Gasteiger charge is -1.90. The Bertz CT molecular complexity index is 112. The Labute approximate surface area is 50.4 Å². The van der Waals surface area contributed by atoms with Crippen LogP contribution in [0.15, 0.2) is 11.6 Å². The third kappa shape index (κ3) is 3.59. The Kier molecular flexibility index (Phi) is 3.16. The van der Waals surface area contributed by atoms with Crippen LogP contribution in [0.4, 0.5) is 0 Å². The number of rotatable bonds is 2. The topological polar surface area (TPSA) is 17.1 Å². The molecule has 0 N–H and O–H groups in total. The highest BCUT2D eigenvalue weighted by atomic mass is 16.1. The number of allylic oxidation sites excluding steroid dienone is 2. The zero-order valence-corrected chi connectivity index (χ0v) is 5.69. The van der Waals surface area contributed by atoms with E-state index in [0.717, 1.165) is 5.57 Å². The second-order valence-corrected chi connectivity index (χ2v) is 2.01. The molecule has 0 aromatic rings. The summed E-state index contributed by atoms with van der Waals surface area (Å²) in [6.45, 7) is 5.51. The molecule has 0 radical (unpaired) electrons. The van der Waals surface area contributed by atoms with Crippen LogP contribution in [0, 0.1) is 0 Å². The highest BCUT2D eigenvalue weighted by molar-refractivity contribution is 5.77. The fourth-order valence-corrected chi connectivity index (χ4v) is 0.495. The van der Waals surface area contributed by atoms with Crippen LogP contribution in [0.3, 0.4) is 0 Å². The molecule has 0 heterocycles. The first kappa shape index (κ1) is 7.41. The minimum absolute atomic E-state index is 0.237. The van der Waals surface area contributed by atoms with Gasteiger partial charge in [0.1, 0.15) is 5.78 Å². The molecule has 0 aromatic heterocycles. The minimum atomic E-state index is 0.237. The molecule has 0 aromatic carbocycles. The van der Waals surface area contributed by atoms with E-state index in [0.29, 0.717) is 6.42 Å². The van der Waals surface area contributed by atoms with Gasteiger partial charge in [0.2, 0.25) is 0 Å². The maximum Gasteiger partial charge on any atom is 0.133 e. The average Bonchev–Trinajstić information content (AvgIpc) is 1.65. The summed E-state index contributed by atoms with van der Waals surface area (Å²) in [6, 6.07) is 0. The van der Waals surface area contributed by atoms with E-state index in [9.17, 15) is 4.79 Å². The van der Waals surface area contributed by atoms with Crippen molar-refractivity contribution in [1.82, 2.24) is 0 Å². The molecule has 0 saturated carbocycles. The molecule has 8 heavy (non-hydrogen) atoms. The Morgan fingerprint density at radius 2 is 2.00 bits per heavy atom. The summed E-state index contributed by atoms with van der Waals surface area (Å²) >= 11 is 0. The van der Waals surface area contributed by atoms with Gasteiger partial charge in [-0.05, 0) is 20.8 Å². The van der Waals surface area contributed by atoms with Crippen LogP contribution in [-0.4, -0.2) is 5.78 Å². The third-order valence-electron chi connectivity index (χ3n) is 1.02. The van der Waals surface area contributed by atoms with Crippen molar-refractivity contribution in [2.24, 2.45) is 0 Å². The van der Waals surface area contributed by atoms with Crippen molar-refractivity contribution in [3.63, 3.8) is 0 Å². The van der Waals surface area contributed by atoms with Crippen molar-refractivity contribution in [2.45, 2.75) is 27.2 Å². The van der Waals surface area contributed by atoms with Crippen LogP contribution in [0.5, 0.6) is 0 Å². The van der Waals surface area contributed by atoms with E-state index in [2.05, 4.69) is 0 Å². The molecule has 0 bridgehead atoms. The normalized spacial score (nSPS) is 11.6. The van der Waals surface area contributed by atoms with Crippen LogP contribution in [0.25, 0.3) is 0 Å². The Morgan fingerprint density at radius 1 is 1.50 bits per heavy atom. The number of Topliss-reactive ketones (excluding diaryl/α,β-unsaturated/α-hetero) is 1. The maximum atomic E-state index is 10.4. The van der Waals surface area contributed by atoms with Gasteiger partial charge in [-0.15, -0.1) is 0 Å². The number of carbonyl (C=O) groups is 1. The van der Waals surface area contributed by atoms with Crippen molar-refractivity contribution < 1.29 is 4.79 Å². The van der Waals surface area contributed by atoms with Crippen molar-refractivity contribution in [2.75, 3.05) is 0 Å². The molecule has 0 aliphatic carbocycles. The molecule has 0 aliphatic heterocycles. The Balaban J connectivity index is 3.56. The monoisotopic (exact) mass is 112 g/mol. The van der Waals surface area contributed by atoms with Crippen LogP contribution in [0.1, 0.15) is 27.2 Å². The zero-order valence-electron chi connectivity index (χ0n) is 5.69. The van der Waals surface area contributed by atoms with Crippen LogP contribution in [0.2, 0.25) is 0 Å². The van der Waals surface area contributed by atoms with Crippen LogP contribution < -0.4 is 0 Å². The van der Waals surface area contributed by atoms with Gasteiger partial charge in [0.25, 0.3) is 0 Å². The lowest BCUT2D eigenvalue weighted by atomic mass is 10.2. The molecule has 0 saturated heterocycles. The molecule has 0 aliphatic rings. The second-order valence-electron chi connectivity index (χ2n) is 2.01. The number of hydrogen-bond donors (Lipinski definition) is 0. The fraction of sp³-hybridized carbons (Fsp3) is 0.571. The summed E-state index contributed by atoms with van der Waals surface area (Å²) in [5, 5.41) is 0. The predicted octanol–water partition coefficient (Wildman–Crippen LogP) is 1.93. The van der Waals surface area contributed by atoms with E-state index in [4.69, 9.17) is 0 Å². The molecule has 0 amide bonds. The molecular weight excluding hydrogens is 100 g/mol. The molecule has 0 fully saturated rings. The molecule has 0 spiro atoms. The first-order chi connectivity index (χ1) is 3.66. The third-order valence-corrected chi connectivity index (χ3v) is 1.02. The van der Waals surface area contributed by atoms with Gasteiger partial charge in [0.05, 0.1) is 0 Å². The quantitative estimate of drug-likeness (QED) is 0.499. The molecule has 0 rings (SSSR count). The molecule has 0 atom stereocenters. The van der Waals surface area contributed by atoms with E-state index in [1.807, 2.05) is 19.9 Å². The average molecular weight is 112 g/mol. The smallest absolute Gasteiger partial charge is 0.133 e. The summed E-state index contributed by atoms with van der Waals surface area (Å²) in [5.41, 5.74) is 1.15. The lowest BCUT2D eigenvalue weighted by Crippen LogP contribution is -1.88. The van der Waals surface area contributed by atoms with Crippen molar-refractivity contribution in [1.29, 1.82) is 0 Å². The van der Waals surface area contributed by atoms with Gasteiger partial charge in [-0.2, -0.15) is 0 Å². The van der Waals surface area contributed by atoms with E-state index >= 15 is 0 Å². The van der Waals surface area contributed by atoms with E-state index in [1.165, 1.54) is 0 Å². The van der Waals surface area contributed by atoms with Crippen molar-refractivity contribution >= 4 is 5.78 Å². The lowest BCUT2D eigenvalue weighted by molar-refractivity contribution is -0.116. The summed E-state index contributed by atoms with van der Waals surface area (Å²) in [5.74, 6) is 0.237. The highest BCUT2D eigenvalue weighted by Gasteiger charge is 1.91. The molecular formula is C7H12O.